The maximum absolute atomic E-state index is 13.2. The van der Waals surface area contributed by atoms with Crippen LogP contribution in [0.1, 0.15) is 39.5 Å². The van der Waals surface area contributed by atoms with Crippen molar-refractivity contribution in [3.05, 3.63) is 11.9 Å². The molecule has 0 aliphatic rings. The number of hydrogen-bond donors (Lipinski definition) is 1. The lowest BCUT2D eigenvalue weighted by atomic mass is 10.1. The van der Waals surface area contributed by atoms with Crippen LogP contribution in [0.2, 0.25) is 0 Å². The van der Waals surface area contributed by atoms with Gasteiger partial charge in [0.25, 0.3) is 0 Å². The average Bonchev–Trinajstić information content (AvgIpc) is 2.47. The zero-order valence-corrected chi connectivity index (χ0v) is 14.2. The van der Waals surface area contributed by atoms with E-state index in [1.807, 2.05) is 25.9 Å². The fraction of sp³-hybridized carbons (Fsp3) is 0.750. The second-order valence-corrected chi connectivity index (χ2v) is 5.55. The molecule has 0 spiro atoms. The fourth-order valence-electron chi connectivity index (χ4n) is 1.75. The van der Waals surface area contributed by atoms with Gasteiger partial charge in [0.05, 0.1) is 6.61 Å². The largest absolute Gasteiger partial charge is 0.461 e. The molecule has 0 aromatic rings. The third kappa shape index (κ3) is 10.3. The molecule has 22 heavy (non-hydrogen) atoms. The molecular formula is C16H29FN2O3. The molecule has 5 nitrogen and oxygen atoms in total. The van der Waals surface area contributed by atoms with E-state index in [0.29, 0.717) is 19.4 Å². The Hall–Kier alpha value is -1.43. The zero-order valence-electron chi connectivity index (χ0n) is 14.2. The van der Waals surface area contributed by atoms with Gasteiger partial charge in [0.2, 0.25) is 11.7 Å². The summed E-state index contributed by atoms with van der Waals surface area (Å²) < 4.78 is 17.7. The number of nitrogens with zero attached hydrogens (tertiary/aromatic N) is 1. The number of rotatable bonds is 11. The Morgan fingerprint density at radius 3 is 2.59 bits per heavy atom. The summed E-state index contributed by atoms with van der Waals surface area (Å²) in [6, 6.07) is 0. The number of carbonyl (C=O) groups is 2. The molecule has 128 valence electrons. The normalized spacial score (nSPS) is 13.1. The predicted octanol–water partition coefficient (Wildman–Crippen LogP) is 2.28. The summed E-state index contributed by atoms with van der Waals surface area (Å²) in [6.07, 6.45) is 3.97. The molecule has 0 fully saturated rings. The minimum atomic E-state index is -0.912. The van der Waals surface area contributed by atoms with Gasteiger partial charge in [-0.3, -0.25) is 4.79 Å². The first kappa shape index (κ1) is 20.6. The van der Waals surface area contributed by atoms with Gasteiger partial charge in [0, 0.05) is 12.5 Å². The third-order valence-corrected chi connectivity index (χ3v) is 3.18. The Morgan fingerprint density at radius 2 is 2.00 bits per heavy atom. The Labute approximate surface area is 132 Å². The van der Waals surface area contributed by atoms with Crippen LogP contribution in [0.25, 0.3) is 0 Å². The van der Waals surface area contributed by atoms with Gasteiger partial charge in [-0.25, -0.2) is 4.79 Å². The molecule has 0 heterocycles. The van der Waals surface area contributed by atoms with E-state index in [4.69, 9.17) is 0 Å². The molecule has 0 saturated heterocycles. The molecule has 0 saturated carbocycles. The molecule has 0 rings (SSSR count). The third-order valence-electron chi connectivity index (χ3n) is 3.18. The van der Waals surface area contributed by atoms with E-state index in [2.05, 4.69) is 10.1 Å². The number of allylic oxidation sites excluding steroid dienone is 1. The van der Waals surface area contributed by atoms with Crippen molar-refractivity contribution in [3.63, 3.8) is 0 Å². The minimum Gasteiger partial charge on any atom is -0.461 e. The highest BCUT2D eigenvalue weighted by Gasteiger charge is 2.12. The van der Waals surface area contributed by atoms with Crippen LogP contribution in [0.5, 0.6) is 0 Å². The van der Waals surface area contributed by atoms with Crippen molar-refractivity contribution in [1.82, 2.24) is 10.2 Å². The van der Waals surface area contributed by atoms with Gasteiger partial charge in [0.15, 0.2) is 0 Å². The van der Waals surface area contributed by atoms with E-state index in [1.54, 1.807) is 6.92 Å². The Balaban J connectivity index is 3.74. The van der Waals surface area contributed by atoms with Crippen molar-refractivity contribution < 1.29 is 18.7 Å². The number of ether oxygens (including phenoxy) is 1. The van der Waals surface area contributed by atoms with Crippen molar-refractivity contribution in [3.8, 4) is 0 Å². The summed E-state index contributed by atoms with van der Waals surface area (Å²) in [4.78, 5) is 24.9. The maximum atomic E-state index is 13.2. The highest BCUT2D eigenvalue weighted by Crippen LogP contribution is 2.06. The monoisotopic (exact) mass is 316 g/mol. The molecule has 1 unspecified atom stereocenters. The number of nitrogens with one attached hydrogen (secondary N) is 1. The molecule has 0 bridgehead atoms. The van der Waals surface area contributed by atoms with Gasteiger partial charge in [-0.1, -0.05) is 6.92 Å². The predicted molar refractivity (Wildman–Crippen MR) is 85.0 cm³/mol. The minimum absolute atomic E-state index is 0.0106. The number of hydrogen-bond acceptors (Lipinski definition) is 4. The number of amides is 1. The van der Waals surface area contributed by atoms with Gasteiger partial charge in [0.1, 0.15) is 0 Å². The van der Waals surface area contributed by atoms with E-state index in [0.717, 1.165) is 19.4 Å². The average molecular weight is 316 g/mol. The molecule has 1 amide bonds. The van der Waals surface area contributed by atoms with Gasteiger partial charge < -0.3 is 15.0 Å². The molecule has 0 aromatic heterocycles. The Bertz CT molecular complexity index is 370. The Morgan fingerprint density at radius 1 is 1.32 bits per heavy atom. The first-order chi connectivity index (χ1) is 10.4. The molecule has 0 radical (unpaired) electrons. The van der Waals surface area contributed by atoms with Crippen LogP contribution < -0.4 is 5.32 Å². The van der Waals surface area contributed by atoms with Crippen LogP contribution in [0.3, 0.4) is 0 Å². The topological polar surface area (TPSA) is 58.6 Å². The van der Waals surface area contributed by atoms with Crippen molar-refractivity contribution in [2.45, 2.75) is 39.5 Å². The molecule has 0 aliphatic carbocycles. The van der Waals surface area contributed by atoms with Crippen LogP contribution in [-0.2, 0) is 14.3 Å². The summed E-state index contributed by atoms with van der Waals surface area (Å²) in [6.45, 7) is 5.16. The van der Waals surface area contributed by atoms with Gasteiger partial charge >= 0.3 is 5.97 Å². The summed E-state index contributed by atoms with van der Waals surface area (Å²) in [5.74, 6) is -1.72. The van der Waals surface area contributed by atoms with E-state index >= 15 is 0 Å². The molecule has 0 aromatic carbocycles. The van der Waals surface area contributed by atoms with E-state index < -0.39 is 11.8 Å². The quantitative estimate of drug-likeness (QED) is 0.361. The second kappa shape index (κ2) is 12.1. The molecular weight excluding hydrogens is 287 g/mol. The van der Waals surface area contributed by atoms with Crippen molar-refractivity contribution in [2.24, 2.45) is 5.92 Å². The lowest BCUT2D eigenvalue weighted by molar-refractivity contribution is -0.140. The summed E-state index contributed by atoms with van der Waals surface area (Å²) in [5, 5.41) is 2.87. The van der Waals surface area contributed by atoms with Crippen LogP contribution in [-0.4, -0.2) is 50.6 Å². The smallest absolute Gasteiger partial charge is 0.366 e. The molecule has 1 atom stereocenters. The Kier molecular flexibility index (Phi) is 11.4. The van der Waals surface area contributed by atoms with Crippen molar-refractivity contribution in [1.29, 1.82) is 0 Å². The number of esters is 1. The van der Waals surface area contributed by atoms with Gasteiger partial charge in [-0.05, 0) is 59.3 Å². The van der Waals surface area contributed by atoms with Crippen LogP contribution in [0.15, 0.2) is 11.9 Å². The molecule has 6 heteroatoms. The number of unbranched alkanes of at least 4 members (excludes halogenated alkanes) is 2. The van der Waals surface area contributed by atoms with Crippen LogP contribution in [0, 0.1) is 5.92 Å². The second-order valence-electron chi connectivity index (χ2n) is 5.55. The van der Waals surface area contributed by atoms with Gasteiger partial charge in [-0.2, -0.15) is 4.39 Å². The number of carbonyl (C=O) groups excluding carboxylic acids is 2. The SMILES string of the molecule is CCOC(=O)C(F)=CCCCCNC(=O)C(C)CCN(C)C. The highest BCUT2D eigenvalue weighted by molar-refractivity contribution is 5.85. The van der Waals surface area contributed by atoms with Crippen LogP contribution in [0.4, 0.5) is 4.39 Å². The van der Waals surface area contributed by atoms with E-state index in [1.165, 1.54) is 6.08 Å². The molecule has 1 N–H and O–H groups in total. The van der Waals surface area contributed by atoms with Crippen LogP contribution >= 0.6 is 0 Å². The lowest BCUT2D eigenvalue weighted by Gasteiger charge is -2.15. The van der Waals surface area contributed by atoms with Gasteiger partial charge in [-0.15, -0.1) is 0 Å². The summed E-state index contributed by atoms with van der Waals surface area (Å²) in [5.41, 5.74) is 0. The fourth-order valence-corrected chi connectivity index (χ4v) is 1.75. The van der Waals surface area contributed by atoms with E-state index in [9.17, 15) is 14.0 Å². The zero-order chi connectivity index (χ0) is 17.0. The van der Waals surface area contributed by atoms with Crippen molar-refractivity contribution >= 4 is 11.9 Å². The first-order valence-electron chi connectivity index (χ1n) is 7.83. The standard InChI is InChI=1S/C16H29FN2O3/c1-5-22-16(21)14(17)9-7-6-8-11-18-15(20)13(2)10-12-19(3)4/h9,13H,5-8,10-12H2,1-4H3,(H,18,20). The number of halogens is 1. The molecule has 0 aliphatic heterocycles. The first-order valence-corrected chi connectivity index (χ1v) is 7.83. The summed E-state index contributed by atoms with van der Waals surface area (Å²) >= 11 is 0. The lowest BCUT2D eigenvalue weighted by Crippen LogP contribution is -2.31. The maximum Gasteiger partial charge on any atom is 0.366 e. The van der Waals surface area contributed by atoms with E-state index in [-0.39, 0.29) is 18.4 Å². The highest BCUT2D eigenvalue weighted by atomic mass is 19.1. The summed E-state index contributed by atoms with van der Waals surface area (Å²) in [7, 11) is 3.96. The van der Waals surface area contributed by atoms with Crippen molar-refractivity contribution in [2.75, 3.05) is 33.8 Å².